The van der Waals surface area contributed by atoms with Gasteiger partial charge in [-0.05, 0) is 36.8 Å². The van der Waals surface area contributed by atoms with Crippen molar-refractivity contribution in [2.75, 3.05) is 7.11 Å². The van der Waals surface area contributed by atoms with Gasteiger partial charge in [-0.2, -0.15) is 0 Å². The van der Waals surface area contributed by atoms with E-state index in [2.05, 4.69) is 23.0 Å². The Bertz CT molecular complexity index is 774. The highest BCUT2D eigenvalue weighted by Crippen LogP contribution is 2.19. The van der Waals surface area contributed by atoms with Gasteiger partial charge in [-0.15, -0.1) is 0 Å². The van der Waals surface area contributed by atoms with Crippen molar-refractivity contribution in [3.63, 3.8) is 0 Å². The van der Waals surface area contributed by atoms with Crippen LogP contribution in [-0.2, 0) is 0 Å². The Labute approximate surface area is 117 Å². The quantitative estimate of drug-likeness (QED) is 0.681. The average molecular weight is 265 g/mol. The summed E-state index contributed by atoms with van der Waals surface area (Å²) in [5.41, 5.74) is 3.80. The molecule has 100 valence electrons. The number of nitrogens with zero attached hydrogens (tertiary/aromatic N) is 3. The normalized spacial score (nSPS) is 11.3. The number of aliphatic imine (C=N–C) groups is 1. The number of hydrogen-bond donors (Lipinski definition) is 0. The van der Waals surface area contributed by atoms with Gasteiger partial charge in [0.05, 0.1) is 19.0 Å². The first kappa shape index (κ1) is 12.4. The number of fused-ring (bicyclic) bond motifs is 1. The van der Waals surface area contributed by atoms with E-state index in [1.165, 1.54) is 5.56 Å². The number of benzene rings is 1. The molecule has 0 fully saturated rings. The van der Waals surface area contributed by atoms with Gasteiger partial charge in [0.15, 0.2) is 0 Å². The Balaban J connectivity index is 1.89. The topological polar surface area (TPSA) is 38.9 Å². The van der Waals surface area contributed by atoms with Crippen LogP contribution in [0.4, 0.5) is 5.69 Å². The molecule has 0 atom stereocenters. The number of imidazole rings is 1. The molecule has 0 aliphatic rings. The van der Waals surface area contributed by atoms with E-state index in [0.717, 1.165) is 22.8 Å². The smallest absolute Gasteiger partial charge is 0.137 e. The third-order valence-electron chi connectivity index (χ3n) is 3.03. The van der Waals surface area contributed by atoms with E-state index in [1.807, 2.05) is 47.1 Å². The first-order valence-corrected chi connectivity index (χ1v) is 6.38. The average Bonchev–Trinajstić information content (AvgIpc) is 2.87. The van der Waals surface area contributed by atoms with Gasteiger partial charge in [-0.3, -0.25) is 4.99 Å². The number of rotatable bonds is 3. The molecule has 4 nitrogen and oxygen atoms in total. The molecule has 0 radical (unpaired) electrons. The Hall–Kier alpha value is -2.62. The fourth-order valence-electron chi connectivity index (χ4n) is 2.00. The number of aryl methyl sites for hydroxylation is 1. The molecule has 4 heteroatoms. The van der Waals surface area contributed by atoms with Crippen LogP contribution in [0.5, 0.6) is 5.75 Å². The van der Waals surface area contributed by atoms with E-state index in [0.29, 0.717) is 0 Å². The maximum atomic E-state index is 5.17. The molecule has 3 rings (SSSR count). The molecule has 0 aliphatic carbocycles. The molecule has 2 aromatic heterocycles. The van der Waals surface area contributed by atoms with Crippen molar-refractivity contribution >= 4 is 17.5 Å². The molecule has 3 aromatic rings. The largest absolute Gasteiger partial charge is 0.497 e. The van der Waals surface area contributed by atoms with Gasteiger partial charge in [-0.1, -0.05) is 6.07 Å². The second kappa shape index (κ2) is 5.17. The van der Waals surface area contributed by atoms with Gasteiger partial charge in [0, 0.05) is 18.5 Å². The van der Waals surface area contributed by atoms with Crippen LogP contribution in [0.3, 0.4) is 0 Å². The summed E-state index contributed by atoms with van der Waals surface area (Å²) in [7, 11) is 1.65. The van der Waals surface area contributed by atoms with E-state index in [1.54, 1.807) is 13.3 Å². The second-order valence-corrected chi connectivity index (χ2v) is 4.60. The standard InChI is InChI=1S/C16H15N3O/c1-12-6-7-19-11-14(18-16(19)8-12)10-17-13-4-3-5-15(9-13)20-2/h3-11H,1-2H3/b17-10+. The van der Waals surface area contributed by atoms with Crippen LogP contribution >= 0.6 is 0 Å². The predicted molar refractivity (Wildman–Crippen MR) is 80.2 cm³/mol. The molecule has 1 aromatic carbocycles. The van der Waals surface area contributed by atoms with E-state index in [4.69, 9.17) is 4.74 Å². The third kappa shape index (κ3) is 2.54. The van der Waals surface area contributed by atoms with Crippen LogP contribution in [0.15, 0.2) is 53.8 Å². The highest BCUT2D eigenvalue weighted by molar-refractivity contribution is 5.80. The SMILES string of the molecule is COc1cccc(/N=C/c2cn3ccc(C)cc3n2)c1. The van der Waals surface area contributed by atoms with Gasteiger partial charge in [0.2, 0.25) is 0 Å². The number of methoxy groups -OCH3 is 1. The summed E-state index contributed by atoms with van der Waals surface area (Å²) in [4.78, 5) is 8.94. The summed E-state index contributed by atoms with van der Waals surface area (Å²) < 4.78 is 7.16. The monoisotopic (exact) mass is 265 g/mol. The van der Waals surface area contributed by atoms with Crippen molar-refractivity contribution < 1.29 is 4.74 Å². The van der Waals surface area contributed by atoms with Crippen molar-refractivity contribution in [1.82, 2.24) is 9.38 Å². The minimum Gasteiger partial charge on any atom is -0.497 e. The van der Waals surface area contributed by atoms with E-state index >= 15 is 0 Å². The van der Waals surface area contributed by atoms with Crippen LogP contribution in [0.25, 0.3) is 5.65 Å². The summed E-state index contributed by atoms with van der Waals surface area (Å²) in [5.74, 6) is 0.797. The summed E-state index contributed by atoms with van der Waals surface area (Å²) in [6.45, 7) is 2.05. The number of aromatic nitrogens is 2. The number of ether oxygens (including phenoxy) is 1. The maximum Gasteiger partial charge on any atom is 0.137 e. The van der Waals surface area contributed by atoms with Crippen molar-refractivity contribution in [3.8, 4) is 5.75 Å². The van der Waals surface area contributed by atoms with Crippen LogP contribution in [0.1, 0.15) is 11.3 Å². The molecule has 2 heterocycles. The highest BCUT2D eigenvalue weighted by atomic mass is 16.5. The molecule has 0 saturated heterocycles. The maximum absolute atomic E-state index is 5.17. The summed E-state index contributed by atoms with van der Waals surface area (Å²) in [6, 6.07) is 11.7. The molecule has 0 spiro atoms. The van der Waals surface area contributed by atoms with Gasteiger partial charge in [-0.25, -0.2) is 4.98 Å². The molecule has 0 aliphatic heterocycles. The Morgan fingerprint density at radius 3 is 3.00 bits per heavy atom. The number of pyridine rings is 1. The van der Waals surface area contributed by atoms with Gasteiger partial charge in [0.25, 0.3) is 0 Å². The Morgan fingerprint density at radius 2 is 2.15 bits per heavy atom. The predicted octanol–water partition coefficient (Wildman–Crippen LogP) is 3.40. The zero-order valence-electron chi connectivity index (χ0n) is 11.4. The zero-order chi connectivity index (χ0) is 13.9. The van der Waals surface area contributed by atoms with E-state index in [9.17, 15) is 0 Å². The van der Waals surface area contributed by atoms with Crippen molar-refractivity contribution in [2.24, 2.45) is 4.99 Å². The van der Waals surface area contributed by atoms with Crippen molar-refractivity contribution in [3.05, 3.63) is 60.0 Å². The second-order valence-electron chi connectivity index (χ2n) is 4.60. The molecule has 0 bridgehead atoms. The number of hydrogen-bond acceptors (Lipinski definition) is 3. The van der Waals surface area contributed by atoms with E-state index < -0.39 is 0 Å². The third-order valence-corrected chi connectivity index (χ3v) is 3.03. The van der Waals surface area contributed by atoms with E-state index in [-0.39, 0.29) is 0 Å². The fraction of sp³-hybridized carbons (Fsp3) is 0.125. The summed E-state index contributed by atoms with van der Waals surface area (Å²) in [5, 5.41) is 0. The lowest BCUT2D eigenvalue weighted by atomic mass is 10.3. The lowest BCUT2D eigenvalue weighted by Crippen LogP contribution is -1.82. The molecular weight excluding hydrogens is 250 g/mol. The molecule has 0 amide bonds. The van der Waals surface area contributed by atoms with Gasteiger partial charge < -0.3 is 9.14 Å². The van der Waals surface area contributed by atoms with Gasteiger partial charge in [0.1, 0.15) is 17.1 Å². The molecule has 0 unspecified atom stereocenters. The van der Waals surface area contributed by atoms with Crippen molar-refractivity contribution in [2.45, 2.75) is 6.92 Å². The van der Waals surface area contributed by atoms with Gasteiger partial charge >= 0.3 is 0 Å². The van der Waals surface area contributed by atoms with Crippen molar-refractivity contribution in [1.29, 1.82) is 0 Å². The van der Waals surface area contributed by atoms with Crippen LogP contribution < -0.4 is 4.74 Å². The summed E-state index contributed by atoms with van der Waals surface area (Å²) >= 11 is 0. The minimum absolute atomic E-state index is 0.797. The fourth-order valence-corrected chi connectivity index (χ4v) is 2.00. The highest BCUT2D eigenvalue weighted by Gasteiger charge is 1.99. The molecular formula is C16H15N3O. The molecule has 0 N–H and O–H groups in total. The minimum atomic E-state index is 0.797. The summed E-state index contributed by atoms with van der Waals surface area (Å²) in [6.07, 6.45) is 5.72. The first-order valence-electron chi connectivity index (χ1n) is 6.38. The lowest BCUT2D eigenvalue weighted by molar-refractivity contribution is 0.415. The Morgan fingerprint density at radius 1 is 1.25 bits per heavy atom. The first-order chi connectivity index (χ1) is 9.74. The molecule has 20 heavy (non-hydrogen) atoms. The van der Waals surface area contributed by atoms with Crippen LogP contribution in [-0.4, -0.2) is 22.7 Å². The van der Waals surface area contributed by atoms with Crippen LogP contribution in [0, 0.1) is 6.92 Å². The lowest BCUT2D eigenvalue weighted by Gasteiger charge is -1.98. The van der Waals surface area contributed by atoms with Crippen LogP contribution in [0.2, 0.25) is 0 Å². The molecule has 0 saturated carbocycles. The zero-order valence-corrected chi connectivity index (χ0v) is 11.4. The Kier molecular flexibility index (Phi) is 3.21.